The average Bonchev–Trinajstić information content (AvgIpc) is 3.16. The molecule has 3 heterocycles. The van der Waals surface area contributed by atoms with Crippen molar-refractivity contribution in [3.05, 3.63) is 12.4 Å². The molecule has 1 aromatic rings. The highest BCUT2D eigenvalue weighted by Crippen LogP contribution is 2.19. The topological polar surface area (TPSA) is 82.5 Å². The average molecular weight is 405 g/mol. The van der Waals surface area contributed by atoms with E-state index in [4.69, 9.17) is 0 Å². The van der Waals surface area contributed by atoms with E-state index in [0.29, 0.717) is 18.6 Å². The highest BCUT2D eigenvalue weighted by atomic mass is 16.2. The molecule has 0 unspecified atom stereocenters. The van der Waals surface area contributed by atoms with Crippen LogP contribution in [0.2, 0.25) is 0 Å². The number of nitrogens with zero attached hydrogens (tertiary/aromatic N) is 4. The summed E-state index contributed by atoms with van der Waals surface area (Å²) in [6, 6.07) is 0.873. The van der Waals surface area contributed by atoms with E-state index in [-0.39, 0.29) is 17.7 Å². The first kappa shape index (κ1) is 21.8. The predicted octanol–water partition coefficient (Wildman–Crippen LogP) is 1.54. The molecule has 29 heavy (non-hydrogen) atoms. The van der Waals surface area contributed by atoms with Crippen molar-refractivity contribution in [2.75, 3.05) is 38.0 Å². The van der Waals surface area contributed by atoms with Crippen LogP contribution in [0.5, 0.6) is 0 Å². The molecule has 2 fully saturated rings. The van der Waals surface area contributed by atoms with Gasteiger partial charge in [-0.15, -0.1) is 0 Å². The van der Waals surface area contributed by atoms with Gasteiger partial charge >= 0.3 is 0 Å². The first-order chi connectivity index (χ1) is 13.9. The number of piperidine rings is 2. The molecule has 0 spiro atoms. The van der Waals surface area contributed by atoms with Gasteiger partial charge in [-0.1, -0.05) is 0 Å². The zero-order valence-corrected chi connectivity index (χ0v) is 18.1. The van der Waals surface area contributed by atoms with Crippen molar-refractivity contribution < 1.29 is 9.59 Å². The van der Waals surface area contributed by atoms with E-state index in [1.54, 1.807) is 10.9 Å². The SMILES string of the molecule is CCn1cc(NC(=O)C2CCN(CC(=O)NC3CCN(C(C)C)CC3)CC2)cn1. The van der Waals surface area contributed by atoms with Gasteiger partial charge in [0, 0.05) is 43.8 Å². The Morgan fingerprint density at radius 1 is 1.14 bits per heavy atom. The van der Waals surface area contributed by atoms with Crippen molar-refractivity contribution >= 4 is 17.5 Å². The molecule has 0 radical (unpaired) electrons. The summed E-state index contributed by atoms with van der Waals surface area (Å²) in [5.41, 5.74) is 0.752. The Morgan fingerprint density at radius 3 is 2.41 bits per heavy atom. The maximum Gasteiger partial charge on any atom is 0.234 e. The van der Waals surface area contributed by atoms with Gasteiger partial charge < -0.3 is 15.5 Å². The lowest BCUT2D eigenvalue weighted by molar-refractivity contribution is -0.124. The lowest BCUT2D eigenvalue weighted by Gasteiger charge is -2.35. The van der Waals surface area contributed by atoms with E-state index in [1.807, 2.05) is 13.1 Å². The molecule has 0 aliphatic carbocycles. The molecule has 8 heteroatoms. The van der Waals surface area contributed by atoms with Crippen molar-refractivity contribution in [1.29, 1.82) is 0 Å². The molecule has 0 aromatic carbocycles. The Kier molecular flexibility index (Phi) is 7.66. The third-order valence-electron chi connectivity index (χ3n) is 6.18. The lowest BCUT2D eigenvalue weighted by atomic mass is 9.96. The summed E-state index contributed by atoms with van der Waals surface area (Å²) in [4.78, 5) is 29.5. The number of hydrogen-bond donors (Lipinski definition) is 2. The fraction of sp³-hybridized carbons (Fsp3) is 0.762. The minimum atomic E-state index is -0.000325. The molecular weight excluding hydrogens is 368 g/mol. The molecule has 8 nitrogen and oxygen atoms in total. The zero-order valence-electron chi connectivity index (χ0n) is 18.1. The van der Waals surface area contributed by atoms with Gasteiger partial charge in [0.15, 0.2) is 0 Å². The van der Waals surface area contributed by atoms with Crippen LogP contribution in [-0.4, -0.2) is 76.2 Å². The van der Waals surface area contributed by atoms with Crippen molar-refractivity contribution in [3.63, 3.8) is 0 Å². The van der Waals surface area contributed by atoms with E-state index in [1.165, 1.54) is 0 Å². The van der Waals surface area contributed by atoms with Gasteiger partial charge in [-0.2, -0.15) is 5.10 Å². The fourth-order valence-corrected chi connectivity index (χ4v) is 4.24. The number of hydrogen-bond acceptors (Lipinski definition) is 5. The molecule has 0 atom stereocenters. The van der Waals surface area contributed by atoms with E-state index in [0.717, 1.165) is 64.1 Å². The fourth-order valence-electron chi connectivity index (χ4n) is 4.24. The summed E-state index contributed by atoms with van der Waals surface area (Å²) in [5, 5.41) is 10.4. The molecule has 2 aliphatic rings. The Hall–Kier alpha value is -1.93. The molecule has 2 amide bonds. The third kappa shape index (κ3) is 6.27. The molecule has 2 N–H and O–H groups in total. The Labute approximate surface area is 174 Å². The Bertz CT molecular complexity index is 672. The quantitative estimate of drug-likeness (QED) is 0.720. The van der Waals surface area contributed by atoms with Crippen LogP contribution in [0.25, 0.3) is 0 Å². The Morgan fingerprint density at radius 2 is 1.83 bits per heavy atom. The number of rotatable bonds is 7. The second-order valence-electron chi connectivity index (χ2n) is 8.60. The summed E-state index contributed by atoms with van der Waals surface area (Å²) < 4.78 is 1.80. The van der Waals surface area contributed by atoms with E-state index >= 15 is 0 Å². The van der Waals surface area contributed by atoms with Gasteiger partial charge in [0.25, 0.3) is 0 Å². The maximum absolute atomic E-state index is 12.5. The smallest absolute Gasteiger partial charge is 0.234 e. The van der Waals surface area contributed by atoms with Crippen molar-refractivity contribution in [2.24, 2.45) is 5.92 Å². The molecule has 0 saturated carbocycles. The standard InChI is InChI=1S/C21H36N6O2/c1-4-27-14-19(13-22-27)24-21(29)17-5-9-25(10-6-17)15-20(28)23-18-7-11-26(12-8-18)16(2)3/h13-14,16-18H,4-12,15H2,1-3H3,(H,23,28)(H,24,29). The molecule has 162 valence electrons. The first-order valence-electron chi connectivity index (χ1n) is 11.0. The second-order valence-corrected chi connectivity index (χ2v) is 8.60. The van der Waals surface area contributed by atoms with Gasteiger partial charge in [0.05, 0.1) is 18.4 Å². The summed E-state index contributed by atoms with van der Waals surface area (Å²) in [6.45, 7) is 11.4. The normalized spacial score (nSPS) is 20.1. The van der Waals surface area contributed by atoms with Crippen LogP contribution in [0.4, 0.5) is 5.69 Å². The number of aromatic nitrogens is 2. The van der Waals surface area contributed by atoms with E-state index in [2.05, 4.69) is 39.4 Å². The van der Waals surface area contributed by atoms with Gasteiger partial charge in [-0.05, 0) is 59.5 Å². The number of amides is 2. The van der Waals surface area contributed by atoms with Gasteiger partial charge in [-0.25, -0.2) is 0 Å². The molecule has 2 aliphatic heterocycles. The molecule has 0 bridgehead atoms. The third-order valence-corrected chi connectivity index (χ3v) is 6.18. The summed E-state index contributed by atoms with van der Waals surface area (Å²) in [5.74, 6) is 0.171. The summed E-state index contributed by atoms with van der Waals surface area (Å²) in [7, 11) is 0. The van der Waals surface area contributed by atoms with Gasteiger partial charge in [-0.3, -0.25) is 19.2 Å². The van der Waals surface area contributed by atoms with Crippen LogP contribution >= 0.6 is 0 Å². The van der Waals surface area contributed by atoms with Gasteiger partial charge in [0.1, 0.15) is 0 Å². The minimum absolute atomic E-state index is 0.000325. The second kappa shape index (κ2) is 10.2. The van der Waals surface area contributed by atoms with Crippen LogP contribution in [0.15, 0.2) is 12.4 Å². The van der Waals surface area contributed by atoms with Crippen molar-refractivity contribution in [1.82, 2.24) is 24.9 Å². The number of nitrogens with one attached hydrogen (secondary N) is 2. The molecule has 2 saturated heterocycles. The number of carbonyl (C=O) groups excluding carboxylic acids is 2. The van der Waals surface area contributed by atoms with Crippen molar-refractivity contribution in [2.45, 2.75) is 65.1 Å². The highest BCUT2D eigenvalue weighted by Gasteiger charge is 2.27. The molecule has 3 rings (SSSR count). The van der Waals surface area contributed by atoms with Crippen LogP contribution in [0.3, 0.4) is 0 Å². The molecule has 1 aromatic heterocycles. The van der Waals surface area contributed by atoms with E-state index < -0.39 is 0 Å². The minimum Gasteiger partial charge on any atom is -0.352 e. The first-order valence-corrected chi connectivity index (χ1v) is 11.0. The lowest BCUT2D eigenvalue weighted by Crippen LogP contribution is -2.49. The summed E-state index contributed by atoms with van der Waals surface area (Å²) in [6.07, 6.45) is 7.17. The number of aryl methyl sites for hydroxylation is 1. The predicted molar refractivity (Wildman–Crippen MR) is 114 cm³/mol. The largest absolute Gasteiger partial charge is 0.352 e. The van der Waals surface area contributed by atoms with Crippen LogP contribution in [0, 0.1) is 5.92 Å². The Balaban J connectivity index is 1.35. The van der Waals surface area contributed by atoms with E-state index in [9.17, 15) is 9.59 Å². The van der Waals surface area contributed by atoms with Crippen molar-refractivity contribution in [3.8, 4) is 0 Å². The monoisotopic (exact) mass is 404 g/mol. The van der Waals surface area contributed by atoms with Crippen LogP contribution < -0.4 is 10.6 Å². The summed E-state index contributed by atoms with van der Waals surface area (Å²) >= 11 is 0. The van der Waals surface area contributed by atoms with Crippen LogP contribution in [0.1, 0.15) is 46.5 Å². The number of carbonyl (C=O) groups is 2. The maximum atomic E-state index is 12.5. The zero-order chi connectivity index (χ0) is 20.8. The molecular formula is C21H36N6O2. The number of anilines is 1. The number of likely N-dealkylation sites (tertiary alicyclic amines) is 2. The van der Waals surface area contributed by atoms with Crippen LogP contribution in [-0.2, 0) is 16.1 Å². The van der Waals surface area contributed by atoms with Gasteiger partial charge in [0.2, 0.25) is 11.8 Å². The highest BCUT2D eigenvalue weighted by molar-refractivity contribution is 5.92.